The second kappa shape index (κ2) is 16.2. The molecular weight excluding hydrogens is 438 g/mol. The minimum atomic E-state index is -0.687. The molecule has 0 spiro atoms. The quantitative estimate of drug-likeness (QED) is 0.155. The van der Waals surface area contributed by atoms with Crippen molar-refractivity contribution < 1.29 is 9.84 Å². The molecule has 2 aromatic carbocycles. The molecule has 0 heterocycles. The highest BCUT2D eigenvalue weighted by molar-refractivity contribution is 8.11. The Labute approximate surface area is 210 Å². The molecule has 0 bridgehead atoms. The number of benzene rings is 2. The highest BCUT2D eigenvalue weighted by atomic mass is 32.2. The van der Waals surface area contributed by atoms with Gasteiger partial charge in [0.15, 0.2) is 0 Å². The van der Waals surface area contributed by atoms with E-state index in [0.29, 0.717) is 0 Å². The number of allylic oxidation sites excluding steroid dienone is 4. The van der Waals surface area contributed by atoms with Gasteiger partial charge < -0.3 is 15.6 Å². The summed E-state index contributed by atoms with van der Waals surface area (Å²) in [6.07, 6.45) is 13.9. The van der Waals surface area contributed by atoms with Gasteiger partial charge in [0.25, 0.3) is 0 Å². The zero-order valence-corrected chi connectivity index (χ0v) is 21.4. The number of hydrogen-bond donors (Lipinski definition) is 2. The third kappa shape index (κ3) is 9.38. The Hall–Kier alpha value is -2.53. The van der Waals surface area contributed by atoms with E-state index in [1.54, 1.807) is 6.26 Å². The Bertz CT molecular complexity index is 963. The molecule has 4 heteroatoms. The number of ether oxygens (including phenoxy) is 1. The number of aliphatic hydroxyl groups excluding tert-OH is 1. The van der Waals surface area contributed by atoms with Crippen LogP contribution in [-0.4, -0.2) is 17.8 Å². The topological polar surface area (TPSA) is 55.5 Å². The molecule has 0 fully saturated rings. The lowest BCUT2D eigenvalue weighted by Gasteiger charge is -2.16. The minimum absolute atomic E-state index is 0.188. The Morgan fingerprint density at radius 3 is 2.44 bits per heavy atom. The monoisotopic (exact) mass is 477 g/mol. The molecule has 3 N–H and O–H groups in total. The fourth-order valence-electron chi connectivity index (χ4n) is 3.39. The Morgan fingerprint density at radius 1 is 1.00 bits per heavy atom. The van der Waals surface area contributed by atoms with Gasteiger partial charge in [-0.05, 0) is 42.5 Å². The Morgan fingerprint density at radius 2 is 1.74 bits per heavy atom. The summed E-state index contributed by atoms with van der Waals surface area (Å²) in [7, 11) is 0. The highest BCUT2D eigenvalue weighted by Crippen LogP contribution is 2.38. The van der Waals surface area contributed by atoms with E-state index in [2.05, 4.69) is 44.7 Å². The standard InChI is InChI=1S/C30H39NO2S/c1-4-6-8-12-20-30(28(32)23-31)34-24(3)27-18-13-14-19-29(27)33-22-21-26(15-7-5-2)25-16-10-9-11-17-25/h9-11,13-22,28,32H,3-8,12,23,31H2,1-2H3/b22-21+,26-15+,30-20-. The first-order valence-electron chi connectivity index (χ1n) is 12.2. The number of nitrogens with two attached hydrogens (primary N) is 1. The highest BCUT2D eigenvalue weighted by Gasteiger charge is 2.14. The van der Waals surface area contributed by atoms with Crippen LogP contribution in [0.5, 0.6) is 5.75 Å². The number of para-hydroxylation sites is 1. The molecule has 0 aliphatic carbocycles. The lowest BCUT2D eigenvalue weighted by atomic mass is 10.0. The van der Waals surface area contributed by atoms with Gasteiger partial charge in [-0.2, -0.15) is 0 Å². The number of unbranched alkanes of at least 4 members (excludes halogenated alkanes) is 4. The lowest BCUT2D eigenvalue weighted by Crippen LogP contribution is -2.20. The molecule has 0 radical (unpaired) electrons. The van der Waals surface area contributed by atoms with Crippen LogP contribution in [0.4, 0.5) is 0 Å². The van der Waals surface area contributed by atoms with Gasteiger partial charge in [-0.15, -0.1) is 0 Å². The first-order valence-corrected chi connectivity index (χ1v) is 13.0. The Balaban J connectivity index is 2.16. The molecule has 1 unspecified atom stereocenters. The molecule has 0 saturated carbocycles. The third-order valence-electron chi connectivity index (χ3n) is 5.34. The SMILES string of the molecule is C=C(S/C(=C\CCCCC)C(O)CN)c1ccccc1O/C=C/C(=C\CCC)c1ccccc1. The predicted octanol–water partition coefficient (Wildman–Crippen LogP) is 7.95. The summed E-state index contributed by atoms with van der Waals surface area (Å²) in [4.78, 5) is 1.67. The molecular formula is C30H39NO2S. The lowest BCUT2D eigenvalue weighted by molar-refractivity contribution is 0.227. The van der Waals surface area contributed by atoms with Crippen molar-refractivity contribution in [2.75, 3.05) is 6.54 Å². The van der Waals surface area contributed by atoms with Gasteiger partial charge in [-0.25, -0.2) is 0 Å². The maximum Gasteiger partial charge on any atom is 0.134 e. The Kier molecular flexibility index (Phi) is 13.2. The van der Waals surface area contributed by atoms with E-state index in [1.165, 1.54) is 24.6 Å². The van der Waals surface area contributed by atoms with Crippen LogP contribution in [0.2, 0.25) is 0 Å². The van der Waals surface area contributed by atoms with Gasteiger partial charge in [0.1, 0.15) is 5.75 Å². The molecule has 2 aromatic rings. The van der Waals surface area contributed by atoms with Crippen molar-refractivity contribution in [1.82, 2.24) is 0 Å². The maximum atomic E-state index is 10.4. The van der Waals surface area contributed by atoms with Gasteiger partial charge in [-0.1, -0.05) is 112 Å². The number of hydrogen-bond acceptors (Lipinski definition) is 4. The first-order chi connectivity index (χ1) is 16.6. The van der Waals surface area contributed by atoms with E-state index >= 15 is 0 Å². The van der Waals surface area contributed by atoms with Crippen molar-refractivity contribution in [3.63, 3.8) is 0 Å². The molecule has 34 heavy (non-hydrogen) atoms. The van der Waals surface area contributed by atoms with Gasteiger partial charge in [0, 0.05) is 21.9 Å². The first kappa shape index (κ1) is 27.7. The number of aliphatic hydroxyl groups is 1. The summed E-state index contributed by atoms with van der Waals surface area (Å²) in [5, 5.41) is 10.4. The van der Waals surface area contributed by atoms with Gasteiger partial charge in [-0.3, -0.25) is 0 Å². The zero-order valence-electron chi connectivity index (χ0n) is 20.6. The second-order valence-electron chi connectivity index (χ2n) is 8.11. The van der Waals surface area contributed by atoms with Crippen LogP contribution in [0.1, 0.15) is 63.5 Å². The van der Waals surface area contributed by atoms with E-state index in [0.717, 1.165) is 57.9 Å². The average Bonchev–Trinajstić information content (AvgIpc) is 2.88. The normalized spacial score (nSPS) is 13.3. The van der Waals surface area contributed by atoms with Crippen LogP contribution in [0.25, 0.3) is 10.5 Å². The molecule has 0 saturated heterocycles. The van der Waals surface area contributed by atoms with Crippen LogP contribution in [0.3, 0.4) is 0 Å². The summed E-state index contributed by atoms with van der Waals surface area (Å²) < 4.78 is 6.07. The van der Waals surface area contributed by atoms with Gasteiger partial charge in [0.05, 0.1) is 12.4 Å². The summed E-state index contributed by atoms with van der Waals surface area (Å²) in [5.41, 5.74) is 8.95. The van der Waals surface area contributed by atoms with E-state index in [1.807, 2.05) is 48.5 Å². The van der Waals surface area contributed by atoms with Crippen molar-refractivity contribution >= 4 is 22.2 Å². The minimum Gasteiger partial charge on any atom is -0.464 e. The molecule has 0 aromatic heterocycles. The largest absolute Gasteiger partial charge is 0.464 e. The van der Waals surface area contributed by atoms with Crippen LogP contribution in [0.15, 0.2) is 90.6 Å². The number of thioether (sulfide) groups is 1. The fraction of sp³-hybridized carbons (Fsp3) is 0.333. The number of rotatable bonds is 15. The smallest absolute Gasteiger partial charge is 0.134 e. The second-order valence-corrected chi connectivity index (χ2v) is 9.28. The summed E-state index contributed by atoms with van der Waals surface area (Å²) in [5.74, 6) is 0.728. The molecule has 0 aliphatic heterocycles. The maximum absolute atomic E-state index is 10.4. The molecule has 1 atom stereocenters. The predicted molar refractivity (Wildman–Crippen MR) is 149 cm³/mol. The van der Waals surface area contributed by atoms with Crippen LogP contribution < -0.4 is 10.5 Å². The van der Waals surface area contributed by atoms with Crippen LogP contribution in [0, 0.1) is 0 Å². The fourth-order valence-corrected chi connectivity index (χ4v) is 4.39. The zero-order chi connectivity index (χ0) is 24.6. The molecule has 0 amide bonds. The molecule has 2 rings (SSSR count). The van der Waals surface area contributed by atoms with Crippen LogP contribution in [-0.2, 0) is 0 Å². The van der Waals surface area contributed by atoms with Crippen molar-refractivity contribution in [3.05, 3.63) is 102 Å². The van der Waals surface area contributed by atoms with Crippen molar-refractivity contribution in [3.8, 4) is 5.75 Å². The van der Waals surface area contributed by atoms with E-state index in [-0.39, 0.29) is 6.54 Å². The summed E-state index contributed by atoms with van der Waals surface area (Å²) >= 11 is 1.47. The van der Waals surface area contributed by atoms with Crippen molar-refractivity contribution in [2.24, 2.45) is 5.73 Å². The van der Waals surface area contributed by atoms with Gasteiger partial charge in [0.2, 0.25) is 0 Å². The van der Waals surface area contributed by atoms with E-state index in [4.69, 9.17) is 10.5 Å². The van der Waals surface area contributed by atoms with Crippen LogP contribution >= 0.6 is 11.8 Å². The average molecular weight is 478 g/mol. The molecule has 3 nitrogen and oxygen atoms in total. The molecule has 182 valence electrons. The summed E-state index contributed by atoms with van der Waals surface area (Å²) in [6.45, 7) is 8.82. The molecule has 0 aliphatic rings. The van der Waals surface area contributed by atoms with E-state index in [9.17, 15) is 5.11 Å². The summed E-state index contributed by atoms with van der Waals surface area (Å²) in [6, 6.07) is 18.2. The van der Waals surface area contributed by atoms with Crippen molar-refractivity contribution in [2.45, 2.75) is 58.5 Å². The van der Waals surface area contributed by atoms with Gasteiger partial charge >= 0.3 is 0 Å². The third-order valence-corrected chi connectivity index (χ3v) is 6.48. The van der Waals surface area contributed by atoms with Crippen molar-refractivity contribution in [1.29, 1.82) is 0 Å². The van der Waals surface area contributed by atoms with E-state index < -0.39 is 6.10 Å².